The monoisotopic (exact) mass is 373 g/mol. The van der Waals surface area contributed by atoms with E-state index >= 15 is 0 Å². The maximum absolute atomic E-state index is 6.44. The summed E-state index contributed by atoms with van der Waals surface area (Å²) in [6, 6.07) is 14.3. The summed E-state index contributed by atoms with van der Waals surface area (Å²) in [6.07, 6.45) is 1.02. The molecular formula is C22H28ClNO2. The summed E-state index contributed by atoms with van der Waals surface area (Å²) in [6.45, 7) is 9.94. The van der Waals surface area contributed by atoms with Crippen molar-refractivity contribution in [3.05, 3.63) is 53.1 Å². The lowest BCUT2D eigenvalue weighted by Crippen LogP contribution is -2.37. The second kappa shape index (κ2) is 9.40. The Bertz CT molecular complexity index is 711. The molecule has 0 unspecified atom stereocenters. The fraction of sp³-hybridized carbons (Fsp3) is 0.455. The maximum Gasteiger partial charge on any atom is 0.123 e. The highest BCUT2D eigenvalue weighted by atomic mass is 35.5. The van der Waals surface area contributed by atoms with Gasteiger partial charge in [0.1, 0.15) is 5.75 Å². The van der Waals surface area contributed by atoms with Gasteiger partial charge in [-0.2, -0.15) is 0 Å². The molecule has 1 aliphatic heterocycles. The molecule has 140 valence electrons. The van der Waals surface area contributed by atoms with Gasteiger partial charge in [-0.15, -0.1) is 0 Å². The Morgan fingerprint density at radius 1 is 1.04 bits per heavy atom. The van der Waals surface area contributed by atoms with E-state index in [1.165, 1.54) is 5.56 Å². The van der Waals surface area contributed by atoms with Gasteiger partial charge in [-0.05, 0) is 30.0 Å². The van der Waals surface area contributed by atoms with Crippen LogP contribution >= 0.6 is 11.6 Å². The quantitative estimate of drug-likeness (QED) is 0.620. The number of ether oxygens (including phenoxy) is 2. The number of nitrogens with zero attached hydrogens (tertiary/aromatic N) is 1. The van der Waals surface area contributed by atoms with Gasteiger partial charge in [0.2, 0.25) is 0 Å². The average Bonchev–Trinajstić information content (AvgIpc) is 2.66. The Morgan fingerprint density at radius 3 is 2.50 bits per heavy atom. The van der Waals surface area contributed by atoms with Gasteiger partial charge in [-0.25, -0.2) is 0 Å². The van der Waals surface area contributed by atoms with Crippen LogP contribution in [0.25, 0.3) is 11.1 Å². The molecule has 1 heterocycles. The third kappa shape index (κ3) is 4.79. The molecule has 0 spiro atoms. The summed E-state index contributed by atoms with van der Waals surface area (Å²) in [5, 5.41) is 0.777. The van der Waals surface area contributed by atoms with Gasteiger partial charge < -0.3 is 9.47 Å². The second-order valence-corrected chi connectivity index (χ2v) is 7.42. The maximum atomic E-state index is 6.44. The van der Waals surface area contributed by atoms with E-state index in [-0.39, 0.29) is 0 Å². The van der Waals surface area contributed by atoms with Crippen LogP contribution in [0.15, 0.2) is 42.5 Å². The normalized spacial score (nSPS) is 15.4. The Morgan fingerprint density at radius 2 is 1.77 bits per heavy atom. The summed E-state index contributed by atoms with van der Waals surface area (Å²) in [7, 11) is 0. The highest BCUT2D eigenvalue weighted by Crippen LogP contribution is 2.38. The van der Waals surface area contributed by atoms with Gasteiger partial charge in [-0.3, -0.25) is 4.90 Å². The number of morpholine rings is 1. The molecule has 3 rings (SSSR count). The molecule has 0 aliphatic carbocycles. The van der Waals surface area contributed by atoms with Crippen LogP contribution in [0.1, 0.15) is 31.7 Å². The highest BCUT2D eigenvalue weighted by Gasteiger charge is 2.16. The molecule has 2 aromatic rings. The SMILES string of the molecule is CC(C)c1c(OCCCN2CCOCC2)cccc1-c1ccccc1Cl. The molecule has 0 aromatic heterocycles. The highest BCUT2D eigenvalue weighted by molar-refractivity contribution is 6.33. The van der Waals surface area contributed by atoms with Crippen molar-refractivity contribution in [2.24, 2.45) is 0 Å². The minimum Gasteiger partial charge on any atom is -0.493 e. The lowest BCUT2D eigenvalue weighted by atomic mass is 9.91. The van der Waals surface area contributed by atoms with Crippen LogP contribution in [-0.2, 0) is 4.74 Å². The van der Waals surface area contributed by atoms with Gasteiger partial charge in [-0.1, -0.05) is 55.8 Å². The summed E-state index contributed by atoms with van der Waals surface area (Å²) in [5.41, 5.74) is 3.46. The van der Waals surface area contributed by atoms with Crippen LogP contribution in [0.5, 0.6) is 5.75 Å². The Labute approximate surface area is 161 Å². The van der Waals surface area contributed by atoms with Crippen LogP contribution in [0.4, 0.5) is 0 Å². The molecule has 3 nitrogen and oxygen atoms in total. The minimum absolute atomic E-state index is 0.358. The van der Waals surface area contributed by atoms with E-state index in [0.29, 0.717) is 5.92 Å². The Hall–Kier alpha value is -1.55. The van der Waals surface area contributed by atoms with E-state index in [2.05, 4.69) is 43.0 Å². The van der Waals surface area contributed by atoms with E-state index < -0.39 is 0 Å². The average molecular weight is 374 g/mol. The van der Waals surface area contributed by atoms with E-state index in [0.717, 1.165) is 67.8 Å². The molecule has 0 amide bonds. The lowest BCUT2D eigenvalue weighted by Gasteiger charge is -2.26. The van der Waals surface area contributed by atoms with Crippen LogP contribution in [0, 0.1) is 0 Å². The van der Waals surface area contributed by atoms with E-state index in [1.807, 2.05) is 18.2 Å². The first-order chi connectivity index (χ1) is 12.7. The topological polar surface area (TPSA) is 21.7 Å². The third-order valence-corrected chi connectivity index (χ3v) is 5.12. The van der Waals surface area contributed by atoms with Crippen molar-refractivity contribution in [2.45, 2.75) is 26.2 Å². The lowest BCUT2D eigenvalue weighted by molar-refractivity contribution is 0.0358. The first-order valence-corrected chi connectivity index (χ1v) is 9.85. The molecule has 0 N–H and O–H groups in total. The number of rotatable bonds is 7. The molecule has 26 heavy (non-hydrogen) atoms. The van der Waals surface area contributed by atoms with Gasteiger partial charge in [0.15, 0.2) is 0 Å². The molecule has 0 saturated carbocycles. The van der Waals surface area contributed by atoms with Crippen molar-refractivity contribution >= 4 is 11.6 Å². The summed E-state index contributed by atoms with van der Waals surface area (Å²) < 4.78 is 11.6. The van der Waals surface area contributed by atoms with Gasteiger partial charge >= 0.3 is 0 Å². The fourth-order valence-corrected chi connectivity index (χ4v) is 3.71. The van der Waals surface area contributed by atoms with Crippen molar-refractivity contribution in [1.29, 1.82) is 0 Å². The first-order valence-electron chi connectivity index (χ1n) is 9.47. The van der Waals surface area contributed by atoms with Gasteiger partial charge in [0, 0.05) is 35.8 Å². The standard InChI is InChI=1S/C22H28ClNO2/c1-17(2)22-19(18-7-3-4-9-20(18)23)8-5-10-21(22)26-14-6-11-24-12-15-25-16-13-24/h3-5,7-10,17H,6,11-16H2,1-2H3. The largest absolute Gasteiger partial charge is 0.493 e. The molecule has 0 bridgehead atoms. The van der Waals surface area contributed by atoms with Gasteiger partial charge in [0.25, 0.3) is 0 Å². The fourth-order valence-electron chi connectivity index (χ4n) is 3.47. The van der Waals surface area contributed by atoms with Crippen molar-refractivity contribution in [1.82, 2.24) is 4.90 Å². The number of hydrogen-bond donors (Lipinski definition) is 0. The zero-order valence-electron chi connectivity index (χ0n) is 15.7. The zero-order valence-corrected chi connectivity index (χ0v) is 16.5. The van der Waals surface area contributed by atoms with Crippen molar-refractivity contribution in [3.63, 3.8) is 0 Å². The van der Waals surface area contributed by atoms with Crippen molar-refractivity contribution in [2.75, 3.05) is 39.5 Å². The van der Waals surface area contributed by atoms with Crippen molar-refractivity contribution in [3.8, 4) is 16.9 Å². The summed E-state index contributed by atoms with van der Waals surface area (Å²) >= 11 is 6.44. The van der Waals surface area contributed by atoms with Crippen molar-refractivity contribution < 1.29 is 9.47 Å². The molecular weight excluding hydrogens is 346 g/mol. The summed E-state index contributed by atoms with van der Waals surface area (Å²) in [4.78, 5) is 2.44. The van der Waals surface area contributed by atoms with Crippen LogP contribution in [-0.4, -0.2) is 44.4 Å². The van der Waals surface area contributed by atoms with E-state index in [1.54, 1.807) is 0 Å². The van der Waals surface area contributed by atoms with E-state index in [4.69, 9.17) is 21.1 Å². The number of halogens is 1. The Balaban J connectivity index is 1.71. The van der Waals surface area contributed by atoms with E-state index in [9.17, 15) is 0 Å². The second-order valence-electron chi connectivity index (χ2n) is 7.01. The molecule has 4 heteroatoms. The first kappa shape index (κ1) is 19.2. The molecule has 1 saturated heterocycles. The molecule has 2 aromatic carbocycles. The van der Waals surface area contributed by atoms with Crippen LogP contribution < -0.4 is 4.74 Å². The Kier molecular flexibility index (Phi) is 6.95. The van der Waals surface area contributed by atoms with Gasteiger partial charge in [0.05, 0.1) is 19.8 Å². The minimum atomic E-state index is 0.358. The number of benzene rings is 2. The zero-order chi connectivity index (χ0) is 18.4. The predicted molar refractivity (Wildman–Crippen MR) is 108 cm³/mol. The molecule has 0 radical (unpaired) electrons. The molecule has 1 fully saturated rings. The molecule has 1 aliphatic rings. The van der Waals surface area contributed by atoms with Crippen LogP contribution in [0.3, 0.4) is 0 Å². The predicted octanol–water partition coefficient (Wildman–Crippen LogP) is 5.23. The summed E-state index contributed by atoms with van der Waals surface area (Å²) in [5.74, 6) is 1.33. The number of hydrogen-bond acceptors (Lipinski definition) is 3. The third-order valence-electron chi connectivity index (χ3n) is 4.79. The van der Waals surface area contributed by atoms with Crippen LogP contribution in [0.2, 0.25) is 5.02 Å². The smallest absolute Gasteiger partial charge is 0.123 e. The molecule has 0 atom stereocenters.